The Labute approximate surface area is 119 Å². The standard InChI is InChI=1S/C16H20N2O2/c1-3-4-11-20-15-7-5-13(6-8-15)16(19)12-14-9-10-18(2)17-14/h5-10H,3-4,11-12H2,1-2H3. The van der Waals surface area contributed by atoms with Crippen LogP contribution in [-0.4, -0.2) is 22.2 Å². The number of Topliss-reactive ketones (excluding diaryl/α,β-unsaturated/α-hetero) is 1. The number of hydrogen-bond acceptors (Lipinski definition) is 3. The molecule has 4 nitrogen and oxygen atoms in total. The van der Waals surface area contributed by atoms with Gasteiger partial charge < -0.3 is 4.74 Å². The van der Waals surface area contributed by atoms with E-state index in [-0.39, 0.29) is 5.78 Å². The Morgan fingerprint density at radius 3 is 2.60 bits per heavy atom. The summed E-state index contributed by atoms with van der Waals surface area (Å²) in [6.45, 7) is 2.85. The van der Waals surface area contributed by atoms with Crippen molar-refractivity contribution in [2.45, 2.75) is 26.2 Å². The second-order valence-corrected chi connectivity index (χ2v) is 4.81. The van der Waals surface area contributed by atoms with Gasteiger partial charge in [0.05, 0.1) is 18.7 Å². The number of aromatic nitrogens is 2. The monoisotopic (exact) mass is 272 g/mol. The van der Waals surface area contributed by atoms with Crippen LogP contribution < -0.4 is 4.74 Å². The second-order valence-electron chi connectivity index (χ2n) is 4.81. The van der Waals surface area contributed by atoms with Crippen LogP contribution in [0.15, 0.2) is 36.5 Å². The lowest BCUT2D eigenvalue weighted by Gasteiger charge is -2.06. The summed E-state index contributed by atoms with van der Waals surface area (Å²) in [6, 6.07) is 9.18. The van der Waals surface area contributed by atoms with E-state index in [4.69, 9.17) is 4.74 Å². The minimum atomic E-state index is 0.0730. The summed E-state index contributed by atoms with van der Waals surface area (Å²) in [5.74, 6) is 0.886. The van der Waals surface area contributed by atoms with Gasteiger partial charge in [-0.05, 0) is 36.8 Å². The molecule has 2 aromatic rings. The van der Waals surface area contributed by atoms with Crippen molar-refractivity contribution in [1.29, 1.82) is 0 Å². The lowest BCUT2D eigenvalue weighted by molar-refractivity contribution is 0.0992. The van der Waals surface area contributed by atoms with Gasteiger partial charge in [0, 0.05) is 18.8 Å². The van der Waals surface area contributed by atoms with Gasteiger partial charge in [-0.3, -0.25) is 9.48 Å². The highest BCUT2D eigenvalue weighted by atomic mass is 16.5. The highest BCUT2D eigenvalue weighted by Gasteiger charge is 2.09. The van der Waals surface area contributed by atoms with Crippen molar-refractivity contribution < 1.29 is 9.53 Å². The molecule has 0 bridgehead atoms. The first-order chi connectivity index (χ1) is 9.69. The van der Waals surface area contributed by atoms with Crippen LogP contribution in [-0.2, 0) is 13.5 Å². The third-order valence-electron chi connectivity index (χ3n) is 3.05. The molecule has 0 amide bonds. The number of nitrogens with zero attached hydrogens (tertiary/aromatic N) is 2. The second kappa shape index (κ2) is 6.89. The summed E-state index contributed by atoms with van der Waals surface area (Å²) < 4.78 is 7.28. The number of ketones is 1. The number of carbonyl (C=O) groups excluding carboxylic acids is 1. The van der Waals surface area contributed by atoms with Crippen LogP contribution in [0.4, 0.5) is 0 Å². The molecule has 1 aromatic carbocycles. The van der Waals surface area contributed by atoms with Crippen molar-refractivity contribution in [1.82, 2.24) is 9.78 Å². The number of ether oxygens (including phenoxy) is 1. The first-order valence-corrected chi connectivity index (χ1v) is 6.93. The van der Waals surface area contributed by atoms with Gasteiger partial charge in [0.25, 0.3) is 0 Å². The summed E-state index contributed by atoms with van der Waals surface area (Å²) in [4.78, 5) is 12.1. The topological polar surface area (TPSA) is 44.1 Å². The summed E-state index contributed by atoms with van der Waals surface area (Å²) in [6.07, 6.45) is 4.32. The van der Waals surface area contributed by atoms with E-state index in [9.17, 15) is 4.79 Å². The van der Waals surface area contributed by atoms with E-state index in [0.717, 1.165) is 30.9 Å². The molecule has 0 aliphatic carbocycles. The molecule has 0 aliphatic heterocycles. The van der Waals surface area contributed by atoms with Crippen LogP contribution >= 0.6 is 0 Å². The van der Waals surface area contributed by atoms with Crippen LogP contribution in [0.3, 0.4) is 0 Å². The predicted molar refractivity (Wildman–Crippen MR) is 78.1 cm³/mol. The van der Waals surface area contributed by atoms with Gasteiger partial charge in [0.2, 0.25) is 0 Å². The van der Waals surface area contributed by atoms with Crippen LogP contribution in [0.1, 0.15) is 35.8 Å². The zero-order valence-corrected chi connectivity index (χ0v) is 12.0. The molecule has 0 saturated carbocycles. The molecule has 0 aliphatic rings. The molecule has 1 heterocycles. The summed E-state index contributed by atoms with van der Waals surface area (Å²) in [5, 5.41) is 4.21. The Bertz CT molecular complexity index is 558. The fourth-order valence-electron chi connectivity index (χ4n) is 1.90. The SMILES string of the molecule is CCCCOc1ccc(C(=O)Cc2ccn(C)n2)cc1. The first-order valence-electron chi connectivity index (χ1n) is 6.93. The molecular formula is C16H20N2O2. The van der Waals surface area contributed by atoms with E-state index < -0.39 is 0 Å². The fourth-order valence-corrected chi connectivity index (χ4v) is 1.90. The number of aryl methyl sites for hydroxylation is 1. The maximum absolute atomic E-state index is 12.1. The van der Waals surface area contributed by atoms with Crippen LogP contribution in [0.2, 0.25) is 0 Å². The number of benzene rings is 1. The number of unbranched alkanes of at least 4 members (excludes halogenated alkanes) is 1. The van der Waals surface area contributed by atoms with Crippen LogP contribution in [0.5, 0.6) is 5.75 Å². The molecule has 0 unspecified atom stereocenters. The van der Waals surface area contributed by atoms with Crippen LogP contribution in [0.25, 0.3) is 0 Å². The number of hydrogen-bond donors (Lipinski definition) is 0. The minimum Gasteiger partial charge on any atom is -0.494 e. The lowest BCUT2D eigenvalue weighted by atomic mass is 10.1. The number of carbonyl (C=O) groups is 1. The zero-order valence-electron chi connectivity index (χ0n) is 12.0. The smallest absolute Gasteiger partial charge is 0.168 e. The molecule has 0 spiro atoms. The molecule has 0 fully saturated rings. The lowest BCUT2D eigenvalue weighted by Crippen LogP contribution is -2.05. The van der Waals surface area contributed by atoms with E-state index in [1.54, 1.807) is 4.68 Å². The predicted octanol–water partition coefficient (Wildman–Crippen LogP) is 3.02. The molecular weight excluding hydrogens is 252 g/mol. The molecule has 2 rings (SSSR count). The van der Waals surface area contributed by atoms with Gasteiger partial charge in [-0.25, -0.2) is 0 Å². The van der Waals surface area contributed by atoms with Crippen molar-refractivity contribution in [2.75, 3.05) is 6.61 Å². The van der Waals surface area contributed by atoms with Gasteiger partial charge >= 0.3 is 0 Å². The van der Waals surface area contributed by atoms with Crippen molar-refractivity contribution in [3.63, 3.8) is 0 Å². The van der Waals surface area contributed by atoms with E-state index in [1.165, 1.54) is 0 Å². The van der Waals surface area contributed by atoms with E-state index in [1.807, 2.05) is 43.6 Å². The highest BCUT2D eigenvalue weighted by Crippen LogP contribution is 2.14. The Kier molecular flexibility index (Phi) is 4.93. The van der Waals surface area contributed by atoms with Crippen molar-refractivity contribution >= 4 is 5.78 Å². The van der Waals surface area contributed by atoms with Gasteiger partial charge in [0.15, 0.2) is 5.78 Å². The van der Waals surface area contributed by atoms with Gasteiger partial charge in [-0.2, -0.15) is 5.10 Å². The summed E-state index contributed by atoms with van der Waals surface area (Å²) in [5.41, 5.74) is 1.49. The minimum absolute atomic E-state index is 0.0730. The average molecular weight is 272 g/mol. The Hall–Kier alpha value is -2.10. The van der Waals surface area contributed by atoms with E-state index in [0.29, 0.717) is 12.0 Å². The molecule has 20 heavy (non-hydrogen) atoms. The molecule has 0 N–H and O–H groups in total. The largest absolute Gasteiger partial charge is 0.494 e. The average Bonchev–Trinajstić information content (AvgIpc) is 2.85. The normalized spacial score (nSPS) is 10.5. The van der Waals surface area contributed by atoms with Crippen molar-refractivity contribution in [3.05, 3.63) is 47.8 Å². The number of rotatable bonds is 7. The molecule has 1 aromatic heterocycles. The maximum atomic E-state index is 12.1. The first kappa shape index (κ1) is 14.3. The van der Waals surface area contributed by atoms with Gasteiger partial charge in [0.1, 0.15) is 5.75 Å². The fraction of sp³-hybridized carbons (Fsp3) is 0.375. The Morgan fingerprint density at radius 1 is 1.25 bits per heavy atom. The quantitative estimate of drug-likeness (QED) is 0.575. The maximum Gasteiger partial charge on any atom is 0.168 e. The third kappa shape index (κ3) is 3.95. The van der Waals surface area contributed by atoms with Gasteiger partial charge in [-0.1, -0.05) is 13.3 Å². The van der Waals surface area contributed by atoms with Crippen molar-refractivity contribution in [3.8, 4) is 5.75 Å². The molecule has 0 atom stereocenters. The third-order valence-corrected chi connectivity index (χ3v) is 3.05. The van der Waals surface area contributed by atoms with E-state index in [2.05, 4.69) is 12.0 Å². The Morgan fingerprint density at radius 2 is 2.00 bits per heavy atom. The van der Waals surface area contributed by atoms with Crippen LogP contribution in [0, 0.1) is 0 Å². The van der Waals surface area contributed by atoms with Gasteiger partial charge in [-0.15, -0.1) is 0 Å². The summed E-state index contributed by atoms with van der Waals surface area (Å²) >= 11 is 0. The molecule has 4 heteroatoms. The summed E-state index contributed by atoms with van der Waals surface area (Å²) in [7, 11) is 1.84. The zero-order chi connectivity index (χ0) is 14.4. The highest BCUT2D eigenvalue weighted by molar-refractivity contribution is 5.97. The van der Waals surface area contributed by atoms with E-state index >= 15 is 0 Å². The molecule has 0 saturated heterocycles. The molecule has 106 valence electrons. The van der Waals surface area contributed by atoms with Crippen molar-refractivity contribution in [2.24, 2.45) is 7.05 Å². The molecule has 0 radical (unpaired) electrons. The Balaban J connectivity index is 1.93.